The lowest BCUT2D eigenvalue weighted by atomic mass is 10.1. The van der Waals surface area contributed by atoms with E-state index in [1.807, 2.05) is 18.2 Å². The van der Waals surface area contributed by atoms with Crippen molar-refractivity contribution in [3.05, 3.63) is 61.2 Å². The zero-order valence-electron chi connectivity index (χ0n) is 8.77. The van der Waals surface area contributed by atoms with Gasteiger partial charge in [0.25, 0.3) is 0 Å². The average Bonchev–Trinajstić information content (AvgIpc) is 2.30. The number of hydrogen-bond donors (Lipinski definition) is 0. The van der Waals surface area contributed by atoms with Crippen molar-refractivity contribution >= 4 is 11.6 Å². The Labute approximate surface area is 89.9 Å². The Morgan fingerprint density at radius 2 is 1.53 bits per heavy atom. The third kappa shape index (κ3) is 6.16. The monoisotopic (exact) mass is 202 g/mol. The minimum atomic E-state index is -0.0272. The van der Waals surface area contributed by atoms with E-state index in [1.165, 1.54) is 19.1 Å². The summed E-state index contributed by atoms with van der Waals surface area (Å²) >= 11 is 0. The average molecular weight is 202 g/mol. The molecule has 2 nitrogen and oxygen atoms in total. The first-order valence-electron chi connectivity index (χ1n) is 4.46. The number of allylic oxidation sites excluding steroid dienone is 2. The van der Waals surface area contributed by atoms with Crippen molar-refractivity contribution < 1.29 is 9.59 Å². The van der Waals surface area contributed by atoms with E-state index < -0.39 is 0 Å². The van der Waals surface area contributed by atoms with Gasteiger partial charge in [-0.3, -0.25) is 9.59 Å². The third-order valence-electron chi connectivity index (χ3n) is 1.53. The molecule has 15 heavy (non-hydrogen) atoms. The molecule has 0 fully saturated rings. The topological polar surface area (TPSA) is 34.1 Å². The summed E-state index contributed by atoms with van der Waals surface area (Å²) < 4.78 is 0. The summed E-state index contributed by atoms with van der Waals surface area (Å²) in [5.41, 5.74) is 0.692. The maximum absolute atomic E-state index is 10.9. The van der Waals surface area contributed by atoms with Gasteiger partial charge >= 0.3 is 0 Å². The molecule has 78 valence electrons. The molecular weight excluding hydrogens is 188 g/mol. The van der Waals surface area contributed by atoms with Gasteiger partial charge in [0.15, 0.2) is 11.6 Å². The Balaban J connectivity index is 0.000000336. The number of ketones is 2. The molecular formula is C13H14O2. The lowest BCUT2D eigenvalue weighted by Gasteiger charge is -1.90. The summed E-state index contributed by atoms with van der Waals surface area (Å²) in [6.45, 7) is 8.06. The summed E-state index contributed by atoms with van der Waals surface area (Å²) in [4.78, 5) is 20.6. The summed E-state index contributed by atoms with van der Waals surface area (Å²) in [5, 5.41) is 0. The van der Waals surface area contributed by atoms with Crippen molar-refractivity contribution in [3.63, 3.8) is 0 Å². The summed E-state index contributed by atoms with van der Waals surface area (Å²) in [6.07, 6.45) is 2.59. The highest BCUT2D eigenvalue weighted by Crippen LogP contribution is 1.99. The second-order valence-electron chi connectivity index (χ2n) is 2.75. The van der Waals surface area contributed by atoms with E-state index in [-0.39, 0.29) is 11.6 Å². The molecule has 2 heteroatoms. The molecule has 0 atom stereocenters. The predicted molar refractivity (Wildman–Crippen MR) is 61.8 cm³/mol. The molecule has 0 N–H and O–H groups in total. The maximum atomic E-state index is 10.9. The van der Waals surface area contributed by atoms with Crippen LogP contribution >= 0.6 is 0 Å². The lowest BCUT2D eigenvalue weighted by Crippen LogP contribution is -1.90. The fraction of sp³-hybridized carbons (Fsp3) is 0.0769. The molecule has 0 saturated heterocycles. The van der Waals surface area contributed by atoms with Gasteiger partial charge in [0.05, 0.1) is 0 Å². The van der Waals surface area contributed by atoms with Crippen molar-refractivity contribution in [2.45, 2.75) is 6.92 Å². The molecule has 1 aromatic carbocycles. The molecule has 1 rings (SSSR count). The van der Waals surface area contributed by atoms with Gasteiger partial charge in [-0.05, 0) is 19.1 Å². The molecule has 0 saturated carbocycles. The van der Waals surface area contributed by atoms with Crippen LogP contribution in [0.4, 0.5) is 0 Å². The molecule has 0 aliphatic rings. The number of hydrogen-bond acceptors (Lipinski definition) is 2. The predicted octanol–water partition coefficient (Wildman–Crippen LogP) is 2.82. The largest absolute Gasteiger partial charge is 0.295 e. The van der Waals surface area contributed by atoms with Gasteiger partial charge in [-0.15, -0.1) is 0 Å². The standard InChI is InChI=1S/C9H8O.C4H6O/c1-2-9(10)8-6-4-3-5-7-8;1-3-4(2)5/h2-7H,1H2;3H,1H2,2H3. The normalized spacial score (nSPS) is 8.07. The van der Waals surface area contributed by atoms with Crippen LogP contribution in [0, 0.1) is 0 Å². The van der Waals surface area contributed by atoms with Crippen molar-refractivity contribution in [1.29, 1.82) is 0 Å². The van der Waals surface area contributed by atoms with Gasteiger partial charge in [0.2, 0.25) is 0 Å². The van der Waals surface area contributed by atoms with Crippen LogP contribution in [-0.4, -0.2) is 11.6 Å². The van der Waals surface area contributed by atoms with E-state index in [1.54, 1.807) is 12.1 Å². The molecule has 0 aliphatic heterocycles. The van der Waals surface area contributed by atoms with Gasteiger partial charge in [-0.2, -0.15) is 0 Å². The second-order valence-corrected chi connectivity index (χ2v) is 2.75. The Morgan fingerprint density at radius 3 is 1.87 bits per heavy atom. The summed E-state index contributed by atoms with van der Waals surface area (Å²) in [7, 11) is 0. The first kappa shape index (κ1) is 13.0. The Hall–Kier alpha value is -1.96. The molecule has 0 unspecified atom stereocenters. The number of carbonyl (C=O) groups excluding carboxylic acids is 2. The highest BCUT2D eigenvalue weighted by Gasteiger charge is 1.95. The molecule has 0 bridgehead atoms. The highest BCUT2D eigenvalue weighted by atomic mass is 16.1. The zero-order valence-corrected chi connectivity index (χ0v) is 8.77. The lowest BCUT2D eigenvalue weighted by molar-refractivity contribution is -0.112. The van der Waals surface area contributed by atoms with E-state index >= 15 is 0 Å². The minimum absolute atomic E-state index is 0.0185. The summed E-state index contributed by atoms with van der Waals surface area (Å²) in [6, 6.07) is 9.07. The van der Waals surface area contributed by atoms with Crippen molar-refractivity contribution in [3.8, 4) is 0 Å². The van der Waals surface area contributed by atoms with Crippen LogP contribution in [0.15, 0.2) is 55.6 Å². The van der Waals surface area contributed by atoms with Crippen LogP contribution in [0.1, 0.15) is 17.3 Å². The number of benzene rings is 1. The van der Waals surface area contributed by atoms with Gasteiger partial charge in [-0.25, -0.2) is 0 Å². The van der Waals surface area contributed by atoms with Crippen LogP contribution in [0.3, 0.4) is 0 Å². The molecule has 0 amide bonds. The van der Waals surface area contributed by atoms with Gasteiger partial charge < -0.3 is 0 Å². The molecule has 0 heterocycles. The first-order chi connectivity index (χ1) is 7.11. The van der Waals surface area contributed by atoms with E-state index in [9.17, 15) is 9.59 Å². The van der Waals surface area contributed by atoms with Crippen molar-refractivity contribution in [2.75, 3.05) is 0 Å². The number of rotatable bonds is 3. The van der Waals surface area contributed by atoms with Crippen molar-refractivity contribution in [1.82, 2.24) is 0 Å². The van der Waals surface area contributed by atoms with Crippen LogP contribution in [0.2, 0.25) is 0 Å². The zero-order chi connectivity index (χ0) is 11.7. The van der Waals surface area contributed by atoms with Crippen LogP contribution in [-0.2, 0) is 4.79 Å². The maximum Gasteiger partial charge on any atom is 0.185 e. The van der Waals surface area contributed by atoms with Crippen LogP contribution in [0.25, 0.3) is 0 Å². The Bertz CT molecular complexity index is 350. The second kappa shape index (κ2) is 7.44. The van der Waals surface area contributed by atoms with E-state index in [0.717, 1.165) is 0 Å². The molecule has 0 spiro atoms. The fourth-order valence-corrected chi connectivity index (χ4v) is 0.720. The van der Waals surface area contributed by atoms with Gasteiger partial charge in [0, 0.05) is 5.56 Å². The quantitative estimate of drug-likeness (QED) is 0.558. The van der Waals surface area contributed by atoms with Gasteiger partial charge in [0.1, 0.15) is 0 Å². The minimum Gasteiger partial charge on any atom is -0.295 e. The van der Waals surface area contributed by atoms with E-state index in [2.05, 4.69) is 13.2 Å². The first-order valence-corrected chi connectivity index (χ1v) is 4.46. The van der Waals surface area contributed by atoms with E-state index in [4.69, 9.17) is 0 Å². The smallest absolute Gasteiger partial charge is 0.185 e. The number of carbonyl (C=O) groups is 2. The fourth-order valence-electron chi connectivity index (χ4n) is 0.720. The van der Waals surface area contributed by atoms with E-state index in [0.29, 0.717) is 5.56 Å². The molecule has 0 aromatic heterocycles. The van der Waals surface area contributed by atoms with Crippen molar-refractivity contribution in [2.24, 2.45) is 0 Å². The molecule has 0 radical (unpaired) electrons. The third-order valence-corrected chi connectivity index (χ3v) is 1.53. The molecule has 0 aliphatic carbocycles. The van der Waals surface area contributed by atoms with Gasteiger partial charge in [-0.1, -0.05) is 43.5 Å². The highest BCUT2D eigenvalue weighted by molar-refractivity contribution is 6.04. The van der Waals surface area contributed by atoms with Crippen LogP contribution in [0.5, 0.6) is 0 Å². The Morgan fingerprint density at radius 1 is 1.07 bits per heavy atom. The van der Waals surface area contributed by atoms with Crippen LogP contribution < -0.4 is 0 Å². The SMILES string of the molecule is C=CC(=O)c1ccccc1.C=CC(C)=O. The summed E-state index contributed by atoms with van der Waals surface area (Å²) in [5.74, 6) is -0.00870. The Kier molecular flexibility index (Phi) is 6.47. The molecule has 1 aromatic rings.